The van der Waals surface area contributed by atoms with Crippen LogP contribution in [0.3, 0.4) is 0 Å². The molecule has 0 radical (unpaired) electrons. The van der Waals surface area contributed by atoms with Crippen LogP contribution in [0, 0.1) is 0 Å². The second-order valence-corrected chi connectivity index (χ2v) is 7.91. The number of hydrogen-bond donors (Lipinski definition) is 1. The van der Waals surface area contributed by atoms with Gasteiger partial charge in [-0.2, -0.15) is 0 Å². The van der Waals surface area contributed by atoms with Gasteiger partial charge < -0.3 is 18.9 Å². The molecule has 0 spiro atoms. The van der Waals surface area contributed by atoms with Crippen LogP contribution in [0.4, 0.5) is 5.69 Å². The van der Waals surface area contributed by atoms with Crippen LogP contribution in [0.25, 0.3) is 6.08 Å². The van der Waals surface area contributed by atoms with E-state index in [4.69, 9.17) is 30.5 Å². The van der Waals surface area contributed by atoms with Crippen LogP contribution in [0.15, 0.2) is 66.2 Å². The molecule has 9 heteroatoms. The third-order valence-corrected chi connectivity index (χ3v) is 5.51. The van der Waals surface area contributed by atoms with Crippen LogP contribution >= 0.6 is 11.6 Å². The molecule has 1 N–H and O–H groups in total. The zero-order valence-corrected chi connectivity index (χ0v) is 18.8. The van der Waals surface area contributed by atoms with Crippen molar-refractivity contribution in [3.05, 3.63) is 82.4 Å². The van der Waals surface area contributed by atoms with Crippen molar-refractivity contribution in [1.82, 2.24) is 5.43 Å². The van der Waals surface area contributed by atoms with Gasteiger partial charge in [0.2, 0.25) is 6.79 Å². The first kappa shape index (κ1) is 21.7. The number of fused-ring (bicyclic) bond motifs is 1. The zero-order chi connectivity index (χ0) is 23.7. The van der Waals surface area contributed by atoms with Crippen LogP contribution in [-0.2, 0) is 16.2 Å². The molecule has 3 aromatic carbocycles. The first-order valence-corrected chi connectivity index (χ1v) is 10.7. The molecule has 0 aliphatic carbocycles. The molecule has 3 aromatic rings. The summed E-state index contributed by atoms with van der Waals surface area (Å²) in [6.07, 6.45) is 1.45. The Hall–Kier alpha value is -4.17. The molecule has 0 saturated carbocycles. The van der Waals surface area contributed by atoms with Gasteiger partial charge in [0, 0.05) is 16.7 Å². The maximum atomic E-state index is 13.0. The molecule has 0 aromatic heterocycles. The summed E-state index contributed by atoms with van der Waals surface area (Å²) in [7, 11) is 1.49. The van der Waals surface area contributed by atoms with Crippen molar-refractivity contribution in [2.24, 2.45) is 0 Å². The summed E-state index contributed by atoms with van der Waals surface area (Å²) in [5.41, 5.74) is 4.34. The maximum absolute atomic E-state index is 13.0. The van der Waals surface area contributed by atoms with Gasteiger partial charge in [-0.3, -0.25) is 15.0 Å². The Balaban J connectivity index is 1.46. The summed E-state index contributed by atoms with van der Waals surface area (Å²) < 4.78 is 22.3. The molecule has 34 heavy (non-hydrogen) atoms. The van der Waals surface area contributed by atoms with Crippen molar-refractivity contribution >= 4 is 35.2 Å². The topological polar surface area (TPSA) is 86.3 Å². The highest BCUT2D eigenvalue weighted by Gasteiger charge is 2.34. The van der Waals surface area contributed by atoms with E-state index in [-0.39, 0.29) is 19.0 Å². The van der Waals surface area contributed by atoms with E-state index < -0.39 is 11.8 Å². The molecule has 1 fully saturated rings. The number of nitrogens with zero attached hydrogens (tertiary/aromatic N) is 1. The van der Waals surface area contributed by atoms with E-state index in [2.05, 4.69) is 5.43 Å². The van der Waals surface area contributed by atoms with E-state index in [9.17, 15) is 9.59 Å². The lowest BCUT2D eigenvalue weighted by molar-refractivity contribution is -0.117. The van der Waals surface area contributed by atoms with Gasteiger partial charge in [0.25, 0.3) is 11.8 Å². The summed E-state index contributed by atoms with van der Waals surface area (Å²) >= 11 is 6.27. The predicted octanol–water partition coefficient (Wildman–Crippen LogP) is 4.12. The lowest BCUT2D eigenvalue weighted by Crippen LogP contribution is -2.35. The Bertz CT molecular complexity index is 1310. The molecule has 0 bridgehead atoms. The van der Waals surface area contributed by atoms with Crippen LogP contribution in [0.1, 0.15) is 11.1 Å². The number of rotatable bonds is 6. The highest BCUT2D eigenvalue weighted by molar-refractivity contribution is 6.32. The standard InChI is InChI=1S/C25H19ClN2O6/c1-31-22-12-17(26)10-16(23(22)32-13-15-7-8-20-21(9-15)34-14-33-20)11-19-24(29)27-28(25(19)30)18-5-3-2-4-6-18/h2-12H,13-14H2,1H3,(H,27,29)/b19-11-. The number of carbonyl (C=O) groups is 2. The molecular formula is C25H19ClN2O6. The molecule has 1 saturated heterocycles. The first-order valence-electron chi connectivity index (χ1n) is 10.3. The Morgan fingerprint density at radius 2 is 1.85 bits per heavy atom. The number of para-hydroxylation sites is 1. The molecule has 2 amide bonds. The summed E-state index contributed by atoms with van der Waals surface area (Å²) in [4.78, 5) is 25.6. The molecule has 172 valence electrons. The van der Waals surface area contributed by atoms with Crippen molar-refractivity contribution in [2.45, 2.75) is 6.61 Å². The van der Waals surface area contributed by atoms with E-state index >= 15 is 0 Å². The predicted molar refractivity (Wildman–Crippen MR) is 125 cm³/mol. The summed E-state index contributed by atoms with van der Waals surface area (Å²) in [5, 5.41) is 1.56. The number of hydrogen-bond acceptors (Lipinski definition) is 6. The third kappa shape index (κ3) is 4.11. The van der Waals surface area contributed by atoms with Crippen LogP contribution in [-0.4, -0.2) is 25.7 Å². The zero-order valence-electron chi connectivity index (χ0n) is 18.0. The Kier molecular flexibility index (Phi) is 5.73. The van der Waals surface area contributed by atoms with Crippen molar-refractivity contribution < 1.29 is 28.5 Å². The first-order chi connectivity index (χ1) is 16.5. The van der Waals surface area contributed by atoms with Crippen molar-refractivity contribution in [3.63, 3.8) is 0 Å². The van der Waals surface area contributed by atoms with Gasteiger partial charge in [0.15, 0.2) is 23.0 Å². The molecule has 2 heterocycles. The summed E-state index contributed by atoms with van der Waals surface area (Å²) in [6, 6.07) is 17.5. The number of halogens is 1. The van der Waals surface area contributed by atoms with E-state index in [1.807, 2.05) is 24.3 Å². The van der Waals surface area contributed by atoms with Crippen molar-refractivity contribution in [1.29, 1.82) is 0 Å². The minimum Gasteiger partial charge on any atom is -0.493 e. The minimum absolute atomic E-state index is 0.0545. The highest BCUT2D eigenvalue weighted by Crippen LogP contribution is 2.38. The molecule has 2 aliphatic rings. The number of carbonyl (C=O) groups excluding carboxylic acids is 2. The molecule has 0 atom stereocenters. The average molecular weight is 479 g/mol. The number of ether oxygens (including phenoxy) is 4. The van der Waals surface area contributed by atoms with Gasteiger partial charge in [-0.15, -0.1) is 0 Å². The second-order valence-electron chi connectivity index (χ2n) is 7.48. The highest BCUT2D eigenvalue weighted by atomic mass is 35.5. The number of nitrogens with one attached hydrogen (secondary N) is 1. The maximum Gasteiger partial charge on any atom is 0.282 e. The van der Waals surface area contributed by atoms with Crippen molar-refractivity contribution in [2.75, 3.05) is 18.9 Å². The molecule has 5 rings (SSSR count). The molecule has 8 nitrogen and oxygen atoms in total. The molecular weight excluding hydrogens is 460 g/mol. The molecule has 2 aliphatic heterocycles. The fraction of sp³-hybridized carbons (Fsp3) is 0.120. The Morgan fingerprint density at radius 1 is 1.06 bits per heavy atom. The average Bonchev–Trinajstić information content (AvgIpc) is 3.43. The normalized spacial score (nSPS) is 15.6. The summed E-state index contributed by atoms with van der Waals surface area (Å²) in [6.45, 7) is 0.361. The van der Waals surface area contributed by atoms with E-state index in [1.165, 1.54) is 18.2 Å². The van der Waals surface area contributed by atoms with Gasteiger partial charge >= 0.3 is 0 Å². The van der Waals surface area contributed by atoms with Gasteiger partial charge in [-0.25, -0.2) is 5.01 Å². The molecule has 0 unspecified atom stereocenters. The number of amides is 2. The largest absolute Gasteiger partial charge is 0.493 e. The number of methoxy groups -OCH3 is 1. The van der Waals surface area contributed by atoms with Crippen LogP contribution in [0.2, 0.25) is 5.02 Å². The van der Waals surface area contributed by atoms with Crippen LogP contribution < -0.4 is 29.4 Å². The van der Waals surface area contributed by atoms with Gasteiger partial charge in [-0.05, 0) is 42.0 Å². The van der Waals surface area contributed by atoms with Gasteiger partial charge in [-0.1, -0.05) is 35.9 Å². The summed E-state index contributed by atoms with van der Waals surface area (Å²) in [5.74, 6) is 1.00. The van der Waals surface area contributed by atoms with Gasteiger partial charge in [0.05, 0.1) is 12.8 Å². The fourth-order valence-corrected chi connectivity index (χ4v) is 3.88. The lowest BCUT2D eigenvalue weighted by atomic mass is 10.1. The Morgan fingerprint density at radius 3 is 2.65 bits per heavy atom. The SMILES string of the molecule is COc1cc(Cl)cc(/C=C2/C(=O)NN(c3ccccc3)C2=O)c1OCc1ccc2c(c1)OCO2. The fourth-order valence-electron chi connectivity index (χ4n) is 3.66. The Labute approximate surface area is 200 Å². The van der Waals surface area contributed by atoms with E-state index in [0.29, 0.717) is 39.3 Å². The third-order valence-electron chi connectivity index (χ3n) is 5.29. The van der Waals surface area contributed by atoms with Gasteiger partial charge in [0.1, 0.15) is 12.2 Å². The van der Waals surface area contributed by atoms with Crippen LogP contribution in [0.5, 0.6) is 23.0 Å². The quantitative estimate of drug-likeness (QED) is 0.424. The number of hydrazine groups is 1. The number of anilines is 1. The number of benzene rings is 3. The monoisotopic (exact) mass is 478 g/mol. The van der Waals surface area contributed by atoms with E-state index in [0.717, 1.165) is 5.56 Å². The minimum atomic E-state index is -0.533. The second kappa shape index (κ2) is 8.99. The smallest absolute Gasteiger partial charge is 0.282 e. The van der Waals surface area contributed by atoms with E-state index in [1.54, 1.807) is 36.4 Å². The lowest BCUT2D eigenvalue weighted by Gasteiger charge is -2.15. The van der Waals surface area contributed by atoms with Crippen molar-refractivity contribution in [3.8, 4) is 23.0 Å².